The lowest BCUT2D eigenvalue weighted by atomic mass is 10.00. The Hall–Kier alpha value is -0.910. The van der Waals surface area contributed by atoms with Crippen LogP contribution in [-0.2, 0) is 9.53 Å². The first-order valence-corrected chi connectivity index (χ1v) is 6.54. The number of hydrogen-bond donors (Lipinski definition) is 1. The average Bonchev–Trinajstić information content (AvgIpc) is 2.53. The Morgan fingerprint density at radius 3 is 3.06 bits per heavy atom. The van der Waals surface area contributed by atoms with Crippen molar-refractivity contribution in [3.05, 3.63) is 0 Å². The van der Waals surface area contributed by atoms with Crippen molar-refractivity contribution < 1.29 is 19.4 Å². The molecular formula is C10H15NO4S. The van der Waals surface area contributed by atoms with E-state index < -0.39 is 5.97 Å². The topological polar surface area (TPSA) is 66.8 Å². The van der Waals surface area contributed by atoms with Gasteiger partial charge in [0.25, 0.3) is 0 Å². The fraction of sp³-hybridized carbons (Fsp3) is 0.800. The molecule has 0 aromatic carbocycles. The van der Waals surface area contributed by atoms with E-state index in [4.69, 9.17) is 9.84 Å². The fourth-order valence-corrected chi connectivity index (χ4v) is 3.29. The normalized spacial score (nSPS) is 29.5. The number of aliphatic carboxylic acids is 1. The molecule has 16 heavy (non-hydrogen) atoms. The molecule has 0 radical (unpaired) electrons. The molecule has 2 fully saturated rings. The van der Waals surface area contributed by atoms with Crippen LogP contribution >= 0.6 is 11.8 Å². The third-order valence-corrected chi connectivity index (χ3v) is 4.23. The molecule has 2 heterocycles. The van der Waals surface area contributed by atoms with E-state index in [1.807, 2.05) is 0 Å². The molecule has 6 heteroatoms. The Labute approximate surface area is 98.1 Å². The molecule has 0 bridgehead atoms. The highest BCUT2D eigenvalue weighted by molar-refractivity contribution is 7.99. The van der Waals surface area contributed by atoms with Crippen molar-refractivity contribution in [3.8, 4) is 0 Å². The second-order valence-corrected chi connectivity index (χ2v) is 5.38. The second-order valence-electron chi connectivity index (χ2n) is 4.27. The number of amides is 1. The third kappa shape index (κ3) is 2.42. The molecular weight excluding hydrogens is 230 g/mol. The minimum Gasteiger partial charge on any atom is -0.481 e. The lowest BCUT2D eigenvalue weighted by Gasteiger charge is -2.30. The molecule has 2 aliphatic heterocycles. The van der Waals surface area contributed by atoms with Gasteiger partial charge in [-0.05, 0) is 18.6 Å². The van der Waals surface area contributed by atoms with Crippen molar-refractivity contribution in [1.82, 2.24) is 4.90 Å². The maximum atomic E-state index is 11.6. The number of carboxylic acids is 1. The van der Waals surface area contributed by atoms with Gasteiger partial charge in [0.15, 0.2) is 0 Å². The van der Waals surface area contributed by atoms with Crippen LogP contribution in [0.25, 0.3) is 0 Å². The molecule has 0 saturated carbocycles. The Kier molecular flexibility index (Phi) is 3.28. The van der Waals surface area contributed by atoms with Crippen LogP contribution in [0.5, 0.6) is 0 Å². The zero-order chi connectivity index (χ0) is 11.6. The number of rotatable bonds is 3. The summed E-state index contributed by atoms with van der Waals surface area (Å²) in [4.78, 5) is 23.5. The summed E-state index contributed by atoms with van der Waals surface area (Å²) in [6.07, 6.45) is 1.59. The van der Waals surface area contributed by atoms with Gasteiger partial charge in [0, 0.05) is 12.3 Å². The van der Waals surface area contributed by atoms with E-state index >= 15 is 0 Å². The summed E-state index contributed by atoms with van der Waals surface area (Å²) in [6, 6.07) is 0. The van der Waals surface area contributed by atoms with E-state index in [-0.39, 0.29) is 24.7 Å². The summed E-state index contributed by atoms with van der Waals surface area (Å²) in [6.45, 7) is 0.798. The van der Waals surface area contributed by atoms with Crippen LogP contribution in [0.3, 0.4) is 0 Å². The van der Waals surface area contributed by atoms with Gasteiger partial charge in [0.1, 0.15) is 5.60 Å². The molecule has 90 valence electrons. The van der Waals surface area contributed by atoms with Gasteiger partial charge in [-0.3, -0.25) is 4.79 Å². The summed E-state index contributed by atoms with van der Waals surface area (Å²) in [7, 11) is 0. The first-order chi connectivity index (χ1) is 7.61. The molecule has 2 saturated heterocycles. The molecule has 1 atom stereocenters. The Bertz CT molecular complexity index is 301. The molecule has 1 unspecified atom stereocenters. The minimum absolute atomic E-state index is 0.0156. The van der Waals surface area contributed by atoms with Gasteiger partial charge in [-0.15, -0.1) is 0 Å². The smallest absolute Gasteiger partial charge is 0.410 e. The van der Waals surface area contributed by atoms with Crippen LogP contribution < -0.4 is 0 Å². The van der Waals surface area contributed by atoms with Crippen LogP contribution in [-0.4, -0.2) is 52.3 Å². The van der Waals surface area contributed by atoms with E-state index in [9.17, 15) is 9.59 Å². The van der Waals surface area contributed by atoms with Gasteiger partial charge in [-0.1, -0.05) is 0 Å². The van der Waals surface area contributed by atoms with Gasteiger partial charge >= 0.3 is 12.1 Å². The quantitative estimate of drug-likeness (QED) is 0.808. The fourth-order valence-electron chi connectivity index (χ4n) is 2.13. The monoisotopic (exact) mass is 245 g/mol. The van der Waals surface area contributed by atoms with E-state index in [0.717, 1.165) is 24.3 Å². The highest BCUT2D eigenvalue weighted by Crippen LogP contribution is 2.35. The van der Waals surface area contributed by atoms with Gasteiger partial charge in [0.2, 0.25) is 0 Å². The highest BCUT2D eigenvalue weighted by atomic mass is 32.2. The predicted molar refractivity (Wildman–Crippen MR) is 59.6 cm³/mol. The molecule has 0 aliphatic carbocycles. The van der Waals surface area contributed by atoms with Gasteiger partial charge < -0.3 is 14.7 Å². The standard InChI is InChI=1S/C10H15NO4S/c12-8(13)2-4-11-6-10(15-9(11)14)3-1-5-16-7-10/h1-7H2,(H,12,13). The summed E-state index contributed by atoms with van der Waals surface area (Å²) in [5, 5.41) is 8.58. The van der Waals surface area contributed by atoms with Crippen LogP contribution in [0.1, 0.15) is 19.3 Å². The van der Waals surface area contributed by atoms with Crippen molar-refractivity contribution >= 4 is 23.8 Å². The molecule has 0 aromatic heterocycles. The van der Waals surface area contributed by atoms with Crippen molar-refractivity contribution in [1.29, 1.82) is 0 Å². The molecule has 0 aromatic rings. The number of thioether (sulfide) groups is 1. The summed E-state index contributed by atoms with van der Waals surface area (Å²) >= 11 is 1.80. The van der Waals surface area contributed by atoms with E-state index in [0.29, 0.717) is 6.54 Å². The number of hydrogen-bond acceptors (Lipinski definition) is 4. The van der Waals surface area contributed by atoms with E-state index in [2.05, 4.69) is 0 Å². The maximum absolute atomic E-state index is 11.6. The Morgan fingerprint density at radius 2 is 2.44 bits per heavy atom. The van der Waals surface area contributed by atoms with Crippen LogP contribution in [0.4, 0.5) is 4.79 Å². The molecule has 1 amide bonds. The molecule has 2 rings (SSSR count). The zero-order valence-electron chi connectivity index (χ0n) is 8.98. The summed E-state index contributed by atoms with van der Waals surface area (Å²) in [5.74, 6) is 1.07. The zero-order valence-corrected chi connectivity index (χ0v) is 9.79. The first-order valence-electron chi connectivity index (χ1n) is 5.39. The number of carboxylic acid groups (broad SMARTS) is 1. The van der Waals surface area contributed by atoms with Crippen molar-refractivity contribution in [2.45, 2.75) is 24.9 Å². The van der Waals surface area contributed by atoms with Gasteiger partial charge in [-0.25, -0.2) is 4.79 Å². The lowest BCUT2D eigenvalue weighted by molar-refractivity contribution is -0.137. The first kappa shape index (κ1) is 11.6. The van der Waals surface area contributed by atoms with Crippen LogP contribution in [0.2, 0.25) is 0 Å². The van der Waals surface area contributed by atoms with Crippen LogP contribution in [0, 0.1) is 0 Å². The lowest BCUT2D eigenvalue weighted by Crippen LogP contribution is -2.39. The summed E-state index contributed by atoms with van der Waals surface area (Å²) < 4.78 is 5.41. The SMILES string of the molecule is O=C(O)CCN1CC2(CCCSC2)OC1=O. The van der Waals surface area contributed by atoms with E-state index in [1.54, 1.807) is 11.8 Å². The third-order valence-electron chi connectivity index (χ3n) is 2.92. The summed E-state index contributed by atoms with van der Waals surface area (Å²) in [5.41, 5.74) is -0.349. The molecule has 5 nitrogen and oxygen atoms in total. The number of carbonyl (C=O) groups excluding carboxylic acids is 1. The van der Waals surface area contributed by atoms with Gasteiger partial charge in [-0.2, -0.15) is 11.8 Å². The molecule has 2 aliphatic rings. The second kappa shape index (κ2) is 4.53. The van der Waals surface area contributed by atoms with Crippen molar-refractivity contribution in [2.24, 2.45) is 0 Å². The van der Waals surface area contributed by atoms with Crippen LogP contribution in [0.15, 0.2) is 0 Å². The average molecular weight is 245 g/mol. The number of nitrogens with zero attached hydrogens (tertiary/aromatic N) is 1. The number of ether oxygens (including phenoxy) is 1. The Balaban J connectivity index is 1.92. The largest absolute Gasteiger partial charge is 0.481 e. The van der Waals surface area contributed by atoms with Gasteiger partial charge in [0.05, 0.1) is 13.0 Å². The maximum Gasteiger partial charge on any atom is 0.410 e. The highest BCUT2D eigenvalue weighted by Gasteiger charge is 2.45. The van der Waals surface area contributed by atoms with Crippen molar-refractivity contribution in [3.63, 3.8) is 0 Å². The van der Waals surface area contributed by atoms with Crippen molar-refractivity contribution in [2.75, 3.05) is 24.6 Å². The molecule has 1 N–H and O–H groups in total. The number of carbonyl (C=O) groups is 2. The van der Waals surface area contributed by atoms with E-state index in [1.165, 1.54) is 4.90 Å². The Morgan fingerprint density at radius 1 is 1.62 bits per heavy atom. The minimum atomic E-state index is -0.883. The molecule has 1 spiro atoms. The predicted octanol–water partition coefficient (Wildman–Crippen LogP) is 1.18.